The summed E-state index contributed by atoms with van der Waals surface area (Å²) in [5.41, 5.74) is 9.28. The minimum atomic E-state index is 0.929. The van der Waals surface area contributed by atoms with Gasteiger partial charge in [-0.05, 0) is 66.7 Å². The first-order chi connectivity index (χ1) is 20.8. The molecule has 5 heteroatoms. The Morgan fingerprint density at radius 2 is 1.12 bits per heavy atom. The van der Waals surface area contributed by atoms with Crippen LogP contribution in [0.4, 0.5) is 0 Å². The lowest BCUT2D eigenvalue weighted by Crippen LogP contribution is -1.97. The SMILES string of the molecule is c1ccc2c(c1)cc1n(-c3ccc4sc5ccc(-n6c7ccccc7c7ccccc76)cc5c4n3)c3ccccc3n21. The summed E-state index contributed by atoms with van der Waals surface area (Å²) in [6.07, 6.45) is 0. The van der Waals surface area contributed by atoms with E-state index in [-0.39, 0.29) is 0 Å². The summed E-state index contributed by atoms with van der Waals surface area (Å²) < 4.78 is 9.47. The van der Waals surface area contributed by atoms with Gasteiger partial charge in [0.05, 0.1) is 37.8 Å². The van der Waals surface area contributed by atoms with E-state index in [4.69, 9.17) is 4.98 Å². The van der Waals surface area contributed by atoms with Crippen molar-refractivity contribution < 1.29 is 0 Å². The van der Waals surface area contributed by atoms with Crippen molar-refractivity contribution in [2.75, 3.05) is 0 Å². The van der Waals surface area contributed by atoms with Gasteiger partial charge in [-0.3, -0.25) is 8.97 Å². The zero-order valence-electron chi connectivity index (χ0n) is 22.4. The topological polar surface area (TPSA) is 27.2 Å². The molecule has 0 N–H and O–H groups in total. The molecule has 0 aliphatic rings. The molecule has 0 unspecified atom stereocenters. The Morgan fingerprint density at radius 1 is 0.476 bits per heavy atom. The van der Waals surface area contributed by atoms with Crippen molar-refractivity contribution in [1.82, 2.24) is 18.5 Å². The molecule has 10 aromatic rings. The highest BCUT2D eigenvalue weighted by atomic mass is 32.1. The quantitative estimate of drug-likeness (QED) is 0.209. The summed E-state index contributed by atoms with van der Waals surface area (Å²) in [6, 6.07) is 48.0. The van der Waals surface area contributed by atoms with Crippen LogP contribution in [-0.2, 0) is 0 Å². The summed E-state index contributed by atoms with van der Waals surface area (Å²) >= 11 is 1.81. The Kier molecular flexibility index (Phi) is 4.30. The number of thiophene rings is 1. The number of imidazole rings is 1. The highest BCUT2D eigenvalue weighted by molar-refractivity contribution is 7.25. The molecular weight excluding hydrogens is 533 g/mol. The summed E-state index contributed by atoms with van der Waals surface area (Å²) in [7, 11) is 0. The molecule has 0 spiro atoms. The van der Waals surface area contributed by atoms with E-state index in [0.29, 0.717) is 0 Å². The average molecular weight is 555 g/mol. The molecule has 0 radical (unpaired) electrons. The van der Waals surface area contributed by atoms with Crippen LogP contribution in [0.5, 0.6) is 0 Å². The van der Waals surface area contributed by atoms with Crippen LogP contribution in [0.2, 0.25) is 0 Å². The van der Waals surface area contributed by atoms with Gasteiger partial charge in [0.15, 0.2) is 0 Å². The lowest BCUT2D eigenvalue weighted by Gasteiger charge is -2.08. The van der Waals surface area contributed by atoms with E-state index in [1.807, 2.05) is 0 Å². The monoisotopic (exact) mass is 554 g/mol. The molecule has 4 nitrogen and oxygen atoms in total. The van der Waals surface area contributed by atoms with Gasteiger partial charge in [0.1, 0.15) is 11.5 Å². The molecule has 5 aromatic carbocycles. The van der Waals surface area contributed by atoms with E-state index in [9.17, 15) is 0 Å². The Labute approximate surface area is 243 Å². The number of pyridine rings is 1. The van der Waals surface area contributed by atoms with Crippen LogP contribution < -0.4 is 0 Å². The van der Waals surface area contributed by atoms with Crippen molar-refractivity contribution in [2.24, 2.45) is 0 Å². The number of hydrogen-bond acceptors (Lipinski definition) is 2. The van der Waals surface area contributed by atoms with Gasteiger partial charge in [0.25, 0.3) is 0 Å². The van der Waals surface area contributed by atoms with E-state index in [0.717, 1.165) is 28.2 Å². The summed E-state index contributed by atoms with van der Waals surface area (Å²) in [5, 5.41) is 4.95. The molecule has 0 fully saturated rings. The van der Waals surface area contributed by atoms with Crippen molar-refractivity contribution in [3.8, 4) is 11.5 Å². The third-order valence-corrected chi connectivity index (χ3v) is 9.76. The lowest BCUT2D eigenvalue weighted by atomic mass is 10.2. The number of rotatable bonds is 2. The number of benzene rings is 5. The van der Waals surface area contributed by atoms with Crippen LogP contribution in [0, 0.1) is 0 Å². The number of fused-ring (bicyclic) bond motifs is 11. The predicted molar refractivity (Wildman–Crippen MR) is 177 cm³/mol. The van der Waals surface area contributed by atoms with Gasteiger partial charge < -0.3 is 4.57 Å². The molecule has 0 bridgehead atoms. The second-order valence-electron chi connectivity index (χ2n) is 10.9. The maximum Gasteiger partial charge on any atom is 0.139 e. The van der Waals surface area contributed by atoms with Gasteiger partial charge in [-0.2, -0.15) is 0 Å². The van der Waals surface area contributed by atoms with E-state index in [1.165, 1.54) is 53.0 Å². The summed E-state index contributed by atoms with van der Waals surface area (Å²) in [4.78, 5) is 5.37. The number of nitrogens with zero attached hydrogens (tertiary/aromatic N) is 4. The number of aromatic nitrogens is 4. The van der Waals surface area contributed by atoms with Crippen molar-refractivity contribution in [3.63, 3.8) is 0 Å². The molecular formula is C37H22N4S. The summed E-state index contributed by atoms with van der Waals surface area (Å²) in [6.45, 7) is 0. The molecule has 0 amide bonds. The first kappa shape index (κ1) is 22.3. The van der Waals surface area contributed by atoms with Gasteiger partial charge in [0, 0.05) is 31.9 Å². The van der Waals surface area contributed by atoms with Crippen LogP contribution in [-0.4, -0.2) is 18.5 Å². The molecule has 10 rings (SSSR count). The number of hydrogen-bond donors (Lipinski definition) is 0. The van der Waals surface area contributed by atoms with Crippen molar-refractivity contribution in [2.45, 2.75) is 0 Å². The maximum atomic E-state index is 5.37. The van der Waals surface area contributed by atoms with Gasteiger partial charge in [-0.25, -0.2) is 4.98 Å². The van der Waals surface area contributed by atoms with E-state index < -0.39 is 0 Å². The highest BCUT2D eigenvalue weighted by Gasteiger charge is 2.18. The second kappa shape index (κ2) is 8.09. The maximum absolute atomic E-state index is 5.37. The molecule has 0 atom stereocenters. The lowest BCUT2D eigenvalue weighted by molar-refractivity contribution is 1.08. The van der Waals surface area contributed by atoms with Crippen LogP contribution in [0.15, 0.2) is 133 Å². The van der Waals surface area contributed by atoms with Crippen molar-refractivity contribution in [1.29, 1.82) is 0 Å². The Hall–Kier alpha value is -5.39. The zero-order valence-corrected chi connectivity index (χ0v) is 23.2. The third-order valence-electron chi connectivity index (χ3n) is 8.63. The highest BCUT2D eigenvalue weighted by Crippen LogP contribution is 2.38. The van der Waals surface area contributed by atoms with E-state index >= 15 is 0 Å². The Bertz CT molecular complexity index is 2650. The molecule has 42 heavy (non-hydrogen) atoms. The predicted octanol–water partition coefficient (Wildman–Crippen LogP) is 9.90. The molecule has 0 aliphatic carbocycles. The fourth-order valence-corrected chi connectivity index (χ4v) is 7.88. The van der Waals surface area contributed by atoms with Crippen LogP contribution in [0.3, 0.4) is 0 Å². The molecule has 0 saturated carbocycles. The van der Waals surface area contributed by atoms with Gasteiger partial charge >= 0.3 is 0 Å². The van der Waals surface area contributed by atoms with Gasteiger partial charge in [0.2, 0.25) is 0 Å². The van der Waals surface area contributed by atoms with Crippen LogP contribution in [0.25, 0.3) is 81.2 Å². The summed E-state index contributed by atoms with van der Waals surface area (Å²) in [5.74, 6) is 0.929. The van der Waals surface area contributed by atoms with Crippen LogP contribution >= 0.6 is 11.3 Å². The zero-order chi connectivity index (χ0) is 27.4. The van der Waals surface area contributed by atoms with Crippen LogP contribution in [0.1, 0.15) is 0 Å². The Morgan fingerprint density at radius 3 is 1.90 bits per heavy atom. The molecule has 196 valence electrons. The second-order valence-corrected chi connectivity index (χ2v) is 12.0. The molecule has 0 saturated heterocycles. The normalized spacial score (nSPS) is 12.3. The smallest absolute Gasteiger partial charge is 0.139 e. The van der Waals surface area contributed by atoms with Crippen molar-refractivity contribution >= 4 is 81.0 Å². The Balaban J connectivity index is 1.25. The average Bonchev–Trinajstić information content (AvgIpc) is 3.77. The minimum absolute atomic E-state index is 0.929. The molecule has 5 aromatic heterocycles. The van der Waals surface area contributed by atoms with E-state index in [1.54, 1.807) is 11.3 Å². The van der Waals surface area contributed by atoms with Gasteiger partial charge in [-0.15, -0.1) is 11.3 Å². The minimum Gasteiger partial charge on any atom is -0.309 e. The fourth-order valence-electron chi connectivity index (χ4n) is 6.85. The van der Waals surface area contributed by atoms with E-state index in [2.05, 4.69) is 147 Å². The third kappa shape index (κ3) is 2.88. The van der Waals surface area contributed by atoms with Gasteiger partial charge in [-0.1, -0.05) is 66.7 Å². The molecule has 0 aliphatic heterocycles. The standard InChI is InChI=1S/C37H22N4S/c1-4-12-28-23(9-1)21-36-40(28)31-15-7-8-16-32(31)41(36)35-20-19-34-37(38-35)27-22-24(17-18-33(27)42-34)39-29-13-5-2-10-25(29)26-11-3-6-14-30(26)39/h1-22H. The fraction of sp³-hybridized carbons (Fsp3) is 0. The largest absolute Gasteiger partial charge is 0.309 e. The first-order valence-electron chi connectivity index (χ1n) is 14.2. The van der Waals surface area contributed by atoms with Crippen molar-refractivity contribution in [3.05, 3.63) is 133 Å². The molecule has 5 heterocycles. The number of para-hydroxylation sites is 5. The first-order valence-corrected chi connectivity index (χ1v) is 15.0.